The molecule has 2 aromatic rings. The van der Waals surface area contributed by atoms with Crippen molar-refractivity contribution in [3.8, 4) is 6.07 Å². The third-order valence-electron chi connectivity index (χ3n) is 7.97. The Morgan fingerprint density at radius 2 is 1.36 bits per heavy atom. The molecule has 17 heteroatoms. The number of hydrogen-bond acceptors (Lipinski definition) is 6. The topological polar surface area (TPSA) is 122 Å². The van der Waals surface area contributed by atoms with Crippen LogP contribution in [0.25, 0.3) is 0 Å². The van der Waals surface area contributed by atoms with Crippen LogP contribution in [0.15, 0.2) is 53.4 Å². The van der Waals surface area contributed by atoms with Crippen LogP contribution in [0.2, 0.25) is 0 Å². The Bertz CT molecular complexity index is 1830. The highest BCUT2D eigenvalue weighted by Gasteiger charge is 2.52. The number of anilines is 2. The van der Waals surface area contributed by atoms with E-state index in [1.54, 1.807) is 13.8 Å². The summed E-state index contributed by atoms with van der Waals surface area (Å²) in [6, 6.07) is 4.94. The van der Waals surface area contributed by atoms with Gasteiger partial charge in [-0.05, 0) is 64.1 Å². The average molecular weight is 686 g/mol. The number of halogens is 6. The minimum Gasteiger partial charge on any atom is -0.314 e. The van der Waals surface area contributed by atoms with E-state index in [2.05, 4.69) is 0 Å². The normalized spacial score (nSPS) is 18.6. The lowest BCUT2D eigenvalue weighted by molar-refractivity contribution is -0.140. The van der Waals surface area contributed by atoms with E-state index in [9.17, 15) is 49.1 Å². The van der Waals surface area contributed by atoms with Gasteiger partial charge in [0.15, 0.2) is 9.84 Å². The van der Waals surface area contributed by atoms with E-state index in [1.165, 1.54) is 43.0 Å². The van der Waals surface area contributed by atoms with Crippen molar-refractivity contribution >= 4 is 39.2 Å². The second-order valence-electron chi connectivity index (χ2n) is 12.1. The number of carbonyl (C=O) groups excluding carboxylic acids is 3. The Labute approximate surface area is 266 Å². The van der Waals surface area contributed by atoms with Crippen molar-refractivity contribution in [3.63, 3.8) is 0 Å². The molecule has 10 nitrogen and oxygen atoms in total. The fourth-order valence-electron chi connectivity index (χ4n) is 5.44. The van der Waals surface area contributed by atoms with Crippen molar-refractivity contribution in [2.45, 2.75) is 56.0 Å². The largest absolute Gasteiger partial charge is 0.417 e. The van der Waals surface area contributed by atoms with E-state index in [0.29, 0.717) is 23.3 Å². The third kappa shape index (κ3) is 6.51. The van der Waals surface area contributed by atoms with Crippen LogP contribution in [0.3, 0.4) is 0 Å². The van der Waals surface area contributed by atoms with Crippen LogP contribution in [0.1, 0.15) is 44.4 Å². The van der Waals surface area contributed by atoms with E-state index in [-0.39, 0.29) is 25.3 Å². The van der Waals surface area contributed by atoms with Crippen LogP contribution in [0, 0.1) is 11.3 Å². The molecule has 47 heavy (non-hydrogen) atoms. The monoisotopic (exact) mass is 685 g/mol. The summed E-state index contributed by atoms with van der Waals surface area (Å²) in [7, 11) is -4.30. The van der Waals surface area contributed by atoms with Gasteiger partial charge in [-0.3, -0.25) is 9.69 Å². The highest BCUT2D eigenvalue weighted by Crippen LogP contribution is 2.40. The molecule has 0 radical (unpaired) electrons. The SMILES string of the molecule is CC1(C)CN(c2ccc(C#N)c(C(F)(F)F)c2)C(=O)N1C/C=C\CN1C(=O)N(c2ccc(S(C)(=O)=O)c(C(F)(F)F)c2)C(=O)C1(C)C. The van der Waals surface area contributed by atoms with E-state index in [4.69, 9.17) is 5.26 Å². The molecule has 0 saturated carbocycles. The predicted octanol–water partition coefficient (Wildman–Crippen LogP) is 5.82. The fraction of sp³-hybridized carbons (Fsp3) is 0.400. The first kappa shape index (κ1) is 35.3. The second kappa shape index (κ2) is 11.6. The number of nitrogens with zero attached hydrogens (tertiary/aromatic N) is 5. The van der Waals surface area contributed by atoms with Gasteiger partial charge in [0.2, 0.25) is 0 Å². The summed E-state index contributed by atoms with van der Waals surface area (Å²) in [5, 5.41) is 9.07. The van der Waals surface area contributed by atoms with Gasteiger partial charge in [0.1, 0.15) is 5.54 Å². The molecule has 2 aliphatic heterocycles. The van der Waals surface area contributed by atoms with E-state index in [0.717, 1.165) is 28.0 Å². The lowest BCUT2D eigenvalue weighted by Gasteiger charge is -2.29. The van der Waals surface area contributed by atoms with Crippen molar-refractivity contribution in [3.05, 3.63) is 65.2 Å². The Morgan fingerprint density at radius 3 is 1.89 bits per heavy atom. The maximum Gasteiger partial charge on any atom is 0.417 e. The summed E-state index contributed by atoms with van der Waals surface area (Å²) in [5.74, 6) is -0.858. The molecule has 2 aromatic carbocycles. The summed E-state index contributed by atoms with van der Waals surface area (Å²) in [6.07, 6.45) is -6.36. The molecule has 2 fully saturated rings. The van der Waals surface area contributed by atoms with Crippen molar-refractivity contribution in [2.24, 2.45) is 0 Å². The molecular formula is C30H29F6N5O5S. The molecule has 5 amide bonds. The molecule has 2 saturated heterocycles. The maximum absolute atomic E-state index is 13.7. The van der Waals surface area contributed by atoms with E-state index < -0.39 is 78.5 Å². The summed E-state index contributed by atoms with van der Waals surface area (Å²) in [6.45, 7) is 5.91. The minimum atomic E-state index is -5.10. The summed E-state index contributed by atoms with van der Waals surface area (Å²) in [4.78, 5) is 43.1. The number of carbonyl (C=O) groups is 3. The minimum absolute atomic E-state index is 0.0159. The number of benzene rings is 2. The van der Waals surface area contributed by atoms with Gasteiger partial charge in [0.05, 0.1) is 45.4 Å². The molecule has 2 aliphatic rings. The third-order valence-corrected chi connectivity index (χ3v) is 9.13. The molecule has 0 atom stereocenters. The second-order valence-corrected chi connectivity index (χ2v) is 14.1. The molecule has 0 aromatic heterocycles. The van der Waals surface area contributed by atoms with Crippen molar-refractivity contribution in [1.29, 1.82) is 5.26 Å². The molecule has 4 rings (SSSR count). The first-order valence-electron chi connectivity index (χ1n) is 13.9. The van der Waals surface area contributed by atoms with Gasteiger partial charge in [0.25, 0.3) is 5.91 Å². The van der Waals surface area contributed by atoms with Gasteiger partial charge in [0, 0.05) is 25.0 Å². The first-order chi connectivity index (χ1) is 21.4. The standard InChI is InChI=1S/C30H29F6N5O5S/c1-27(2)17-38(19-9-8-18(16-37)21(14-19)29(31,32)33)25(43)39(27)12-6-7-13-40-26(44)41(24(42)28(40,3)4)20-10-11-23(47(5,45)46)22(15-20)30(34,35)36/h6-11,14-15H,12-13,17H2,1-5H3/b7-6-. The van der Waals surface area contributed by atoms with Crippen molar-refractivity contribution < 1.29 is 49.1 Å². The molecule has 0 unspecified atom stereocenters. The summed E-state index contributed by atoms with van der Waals surface area (Å²) < 4.78 is 106. The number of alkyl halides is 6. The molecule has 252 valence electrons. The number of rotatable bonds is 7. The molecule has 0 N–H and O–H groups in total. The van der Waals surface area contributed by atoms with Crippen LogP contribution >= 0.6 is 0 Å². The molecule has 0 bridgehead atoms. The molecule has 0 aliphatic carbocycles. The molecular weight excluding hydrogens is 656 g/mol. The van der Waals surface area contributed by atoms with Gasteiger partial charge >= 0.3 is 24.4 Å². The maximum atomic E-state index is 13.7. The van der Waals surface area contributed by atoms with Crippen LogP contribution < -0.4 is 9.80 Å². The highest BCUT2D eigenvalue weighted by atomic mass is 32.2. The van der Waals surface area contributed by atoms with Crippen molar-refractivity contribution in [2.75, 3.05) is 35.7 Å². The van der Waals surface area contributed by atoms with Crippen LogP contribution in [0.4, 0.5) is 47.3 Å². The number of hydrogen-bond donors (Lipinski definition) is 0. The van der Waals surface area contributed by atoms with Gasteiger partial charge in [-0.15, -0.1) is 0 Å². The quantitative estimate of drug-likeness (QED) is 0.206. The number of imide groups is 1. The van der Waals surface area contributed by atoms with E-state index in [1.807, 2.05) is 0 Å². The van der Waals surface area contributed by atoms with Crippen LogP contribution in [-0.2, 0) is 27.0 Å². The molecule has 2 heterocycles. The smallest absolute Gasteiger partial charge is 0.314 e. The number of nitriles is 1. The van der Waals surface area contributed by atoms with Crippen LogP contribution in [-0.4, -0.2) is 73.2 Å². The lowest BCUT2D eigenvalue weighted by atomic mass is 10.0. The Hall–Kier alpha value is -4.59. The van der Waals surface area contributed by atoms with Crippen LogP contribution in [0.5, 0.6) is 0 Å². The highest BCUT2D eigenvalue weighted by molar-refractivity contribution is 7.90. The number of urea groups is 2. The summed E-state index contributed by atoms with van der Waals surface area (Å²) in [5.41, 5.74) is -6.21. The van der Waals surface area contributed by atoms with E-state index >= 15 is 0 Å². The summed E-state index contributed by atoms with van der Waals surface area (Å²) >= 11 is 0. The van der Waals surface area contributed by atoms with Gasteiger partial charge in [-0.25, -0.2) is 22.9 Å². The average Bonchev–Trinajstić information content (AvgIpc) is 3.27. The fourth-order valence-corrected chi connectivity index (χ4v) is 6.32. The first-order valence-corrected chi connectivity index (χ1v) is 15.7. The number of amides is 5. The van der Waals surface area contributed by atoms with Gasteiger partial charge < -0.3 is 9.80 Å². The Kier molecular flexibility index (Phi) is 8.69. The van der Waals surface area contributed by atoms with Gasteiger partial charge in [-0.1, -0.05) is 12.2 Å². The zero-order valence-electron chi connectivity index (χ0n) is 25.7. The lowest BCUT2D eigenvalue weighted by Crippen LogP contribution is -2.44. The molecule has 0 spiro atoms. The predicted molar refractivity (Wildman–Crippen MR) is 157 cm³/mol. The zero-order chi connectivity index (χ0) is 35.5. The number of sulfone groups is 1. The van der Waals surface area contributed by atoms with Crippen molar-refractivity contribution in [1.82, 2.24) is 9.80 Å². The Balaban J connectivity index is 1.54. The van der Waals surface area contributed by atoms with Gasteiger partial charge in [-0.2, -0.15) is 31.6 Å². The Morgan fingerprint density at radius 1 is 0.830 bits per heavy atom. The zero-order valence-corrected chi connectivity index (χ0v) is 26.5.